The Morgan fingerprint density at radius 1 is 0.941 bits per heavy atom. The smallest absolute Gasteiger partial charge is 0.00964 e. The molecule has 0 spiro atoms. The van der Waals surface area contributed by atoms with E-state index in [1.54, 1.807) is 0 Å². The van der Waals surface area contributed by atoms with E-state index in [-0.39, 0.29) is 0 Å². The molecule has 3 fully saturated rings. The summed E-state index contributed by atoms with van der Waals surface area (Å²) in [6.45, 7) is 5.06. The van der Waals surface area contributed by atoms with Crippen LogP contribution in [0.2, 0.25) is 0 Å². The molecule has 1 saturated heterocycles. The minimum atomic E-state index is 0.825. The van der Waals surface area contributed by atoms with Gasteiger partial charge in [0.1, 0.15) is 0 Å². The number of nitrogens with zero attached hydrogens (tertiary/aromatic N) is 1. The largest absolute Gasteiger partial charge is 0.311 e. The molecule has 0 bridgehead atoms. The highest BCUT2D eigenvalue weighted by Gasteiger charge is 2.33. The first kappa shape index (κ1) is 12.0. The zero-order chi connectivity index (χ0) is 11.7. The molecule has 0 aromatic rings. The van der Waals surface area contributed by atoms with Gasteiger partial charge in [0.15, 0.2) is 0 Å². The van der Waals surface area contributed by atoms with Crippen LogP contribution in [-0.2, 0) is 0 Å². The summed E-state index contributed by atoms with van der Waals surface area (Å²) in [5.74, 6) is 1.01. The second-order valence-electron chi connectivity index (χ2n) is 6.49. The topological polar surface area (TPSA) is 15.3 Å². The minimum absolute atomic E-state index is 0.825. The predicted octanol–water partition coefficient (Wildman–Crippen LogP) is 2.78. The predicted molar refractivity (Wildman–Crippen MR) is 72.2 cm³/mol. The lowest BCUT2D eigenvalue weighted by Gasteiger charge is -2.34. The van der Waals surface area contributed by atoms with Gasteiger partial charge in [0.2, 0.25) is 0 Å². The monoisotopic (exact) mass is 236 g/mol. The van der Waals surface area contributed by atoms with E-state index in [1.165, 1.54) is 64.5 Å². The number of rotatable bonds is 4. The molecular formula is C15H28N2. The Morgan fingerprint density at radius 2 is 1.71 bits per heavy atom. The van der Waals surface area contributed by atoms with Gasteiger partial charge in [-0.1, -0.05) is 13.3 Å². The maximum absolute atomic E-state index is 3.94. The standard InChI is InChI=1S/C15H28N2/c1-2-12-3-4-14(11-12)16-13-7-9-17(10-8-13)15-5-6-15/h12-16H,2-11H2,1H3. The van der Waals surface area contributed by atoms with Crippen molar-refractivity contribution in [1.82, 2.24) is 10.2 Å². The highest BCUT2D eigenvalue weighted by atomic mass is 15.2. The number of likely N-dealkylation sites (tertiary alicyclic amines) is 1. The fourth-order valence-corrected chi connectivity index (χ4v) is 3.80. The van der Waals surface area contributed by atoms with E-state index < -0.39 is 0 Å². The normalized spacial score (nSPS) is 36.5. The van der Waals surface area contributed by atoms with Crippen LogP contribution in [0.1, 0.15) is 58.3 Å². The fourth-order valence-electron chi connectivity index (χ4n) is 3.80. The molecule has 2 saturated carbocycles. The van der Waals surface area contributed by atoms with Crippen LogP contribution in [0.25, 0.3) is 0 Å². The van der Waals surface area contributed by atoms with Crippen LogP contribution in [-0.4, -0.2) is 36.1 Å². The van der Waals surface area contributed by atoms with Crippen LogP contribution in [0.4, 0.5) is 0 Å². The number of hydrogen-bond acceptors (Lipinski definition) is 2. The summed E-state index contributed by atoms with van der Waals surface area (Å²) in [5.41, 5.74) is 0. The lowest BCUT2D eigenvalue weighted by molar-refractivity contribution is 0.182. The Kier molecular flexibility index (Phi) is 3.72. The molecule has 2 aliphatic carbocycles. The molecule has 3 aliphatic rings. The lowest BCUT2D eigenvalue weighted by Crippen LogP contribution is -2.46. The van der Waals surface area contributed by atoms with Crippen molar-refractivity contribution >= 4 is 0 Å². The zero-order valence-electron chi connectivity index (χ0n) is 11.3. The molecule has 2 unspecified atom stereocenters. The highest BCUT2D eigenvalue weighted by Crippen LogP contribution is 2.31. The summed E-state index contributed by atoms with van der Waals surface area (Å²) in [6, 6.07) is 2.65. The average Bonchev–Trinajstić information content (AvgIpc) is 3.11. The van der Waals surface area contributed by atoms with Crippen LogP contribution >= 0.6 is 0 Å². The number of hydrogen-bond donors (Lipinski definition) is 1. The van der Waals surface area contributed by atoms with Gasteiger partial charge in [-0.05, 0) is 64.0 Å². The van der Waals surface area contributed by atoms with Crippen molar-refractivity contribution in [3.63, 3.8) is 0 Å². The highest BCUT2D eigenvalue weighted by molar-refractivity contribution is 4.90. The van der Waals surface area contributed by atoms with E-state index in [2.05, 4.69) is 17.1 Å². The van der Waals surface area contributed by atoms with Crippen LogP contribution < -0.4 is 5.32 Å². The summed E-state index contributed by atoms with van der Waals surface area (Å²) in [4.78, 5) is 2.72. The SMILES string of the molecule is CCC1CCC(NC2CCN(C3CC3)CC2)C1. The van der Waals surface area contributed by atoms with E-state index >= 15 is 0 Å². The molecule has 0 radical (unpaired) electrons. The molecule has 3 rings (SSSR count). The molecule has 17 heavy (non-hydrogen) atoms. The number of piperidine rings is 1. The first-order chi connectivity index (χ1) is 8.35. The van der Waals surface area contributed by atoms with Gasteiger partial charge in [0, 0.05) is 18.1 Å². The zero-order valence-corrected chi connectivity index (χ0v) is 11.3. The van der Waals surface area contributed by atoms with E-state index in [4.69, 9.17) is 0 Å². The van der Waals surface area contributed by atoms with Crippen molar-refractivity contribution in [1.29, 1.82) is 0 Å². The lowest BCUT2D eigenvalue weighted by atomic mass is 10.0. The molecular weight excluding hydrogens is 208 g/mol. The maximum Gasteiger partial charge on any atom is 0.00964 e. The first-order valence-electron chi connectivity index (χ1n) is 7.85. The van der Waals surface area contributed by atoms with E-state index in [1.807, 2.05) is 0 Å². The van der Waals surface area contributed by atoms with E-state index in [0.29, 0.717) is 0 Å². The molecule has 2 atom stereocenters. The molecule has 0 aromatic carbocycles. The molecule has 1 heterocycles. The molecule has 2 heteroatoms. The Hall–Kier alpha value is -0.0800. The summed E-state index contributed by atoms with van der Waals surface area (Å²) in [5, 5.41) is 3.94. The molecule has 2 nitrogen and oxygen atoms in total. The third kappa shape index (κ3) is 3.03. The molecule has 0 amide bonds. The first-order valence-corrected chi connectivity index (χ1v) is 7.85. The molecule has 1 aliphatic heterocycles. The minimum Gasteiger partial charge on any atom is -0.311 e. The van der Waals surface area contributed by atoms with Crippen molar-refractivity contribution in [3.8, 4) is 0 Å². The Bertz CT molecular complexity index is 241. The van der Waals surface area contributed by atoms with Gasteiger partial charge in [0.05, 0.1) is 0 Å². The van der Waals surface area contributed by atoms with Gasteiger partial charge in [-0.3, -0.25) is 0 Å². The third-order valence-electron chi connectivity index (χ3n) is 5.18. The molecule has 1 N–H and O–H groups in total. The van der Waals surface area contributed by atoms with Crippen molar-refractivity contribution < 1.29 is 0 Å². The molecule has 0 aromatic heterocycles. The maximum atomic E-state index is 3.94. The van der Waals surface area contributed by atoms with Gasteiger partial charge in [-0.25, -0.2) is 0 Å². The Labute approximate surface area is 106 Å². The summed E-state index contributed by atoms with van der Waals surface area (Å²) in [7, 11) is 0. The molecule has 98 valence electrons. The van der Waals surface area contributed by atoms with E-state index in [0.717, 1.165) is 24.0 Å². The quantitative estimate of drug-likeness (QED) is 0.807. The van der Waals surface area contributed by atoms with Gasteiger partial charge in [-0.15, -0.1) is 0 Å². The van der Waals surface area contributed by atoms with Gasteiger partial charge in [0.25, 0.3) is 0 Å². The second kappa shape index (κ2) is 5.27. The van der Waals surface area contributed by atoms with Crippen molar-refractivity contribution in [2.45, 2.75) is 76.4 Å². The van der Waals surface area contributed by atoms with Crippen LogP contribution in [0.5, 0.6) is 0 Å². The van der Waals surface area contributed by atoms with Crippen molar-refractivity contribution in [2.24, 2.45) is 5.92 Å². The average molecular weight is 236 g/mol. The van der Waals surface area contributed by atoms with Crippen molar-refractivity contribution in [2.75, 3.05) is 13.1 Å². The van der Waals surface area contributed by atoms with Crippen molar-refractivity contribution in [3.05, 3.63) is 0 Å². The Morgan fingerprint density at radius 3 is 2.29 bits per heavy atom. The third-order valence-corrected chi connectivity index (χ3v) is 5.18. The van der Waals surface area contributed by atoms with Gasteiger partial charge >= 0.3 is 0 Å². The summed E-state index contributed by atoms with van der Waals surface area (Å²) >= 11 is 0. The Balaban J connectivity index is 1.38. The van der Waals surface area contributed by atoms with Crippen LogP contribution in [0.15, 0.2) is 0 Å². The number of nitrogens with one attached hydrogen (secondary N) is 1. The summed E-state index contributed by atoms with van der Waals surface area (Å²) < 4.78 is 0. The second-order valence-corrected chi connectivity index (χ2v) is 6.49. The van der Waals surface area contributed by atoms with Crippen LogP contribution in [0, 0.1) is 5.92 Å². The van der Waals surface area contributed by atoms with Gasteiger partial charge < -0.3 is 10.2 Å². The van der Waals surface area contributed by atoms with E-state index in [9.17, 15) is 0 Å². The summed E-state index contributed by atoms with van der Waals surface area (Å²) in [6.07, 6.45) is 11.5. The fraction of sp³-hybridized carbons (Fsp3) is 1.00. The van der Waals surface area contributed by atoms with Crippen LogP contribution in [0.3, 0.4) is 0 Å². The van der Waals surface area contributed by atoms with Gasteiger partial charge in [-0.2, -0.15) is 0 Å².